The van der Waals surface area contributed by atoms with Gasteiger partial charge in [0.05, 0.1) is 11.5 Å². The van der Waals surface area contributed by atoms with Crippen LogP contribution in [0.25, 0.3) is 0 Å². The molecule has 0 radical (unpaired) electrons. The van der Waals surface area contributed by atoms with Gasteiger partial charge in [-0.2, -0.15) is 0 Å². The summed E-state index contributed by atoms with van der Waals surface area (Å²) < 4.78 is 0. The summed E-state index contributed by atoms with van der Waals surface area (Å²) in [6, 6.07) is 0.108. The van der Waals surface area contributed by atoms with Crippen molar-refractivity contribution in [3.8, 4) is 0 Å². The molecule has 2 unspecified atom stereocenters. The normalized spacial score (nSPS) is 26.8. The van der Waals surface area contributed by atoms with E-state index in [1.165, 1.54) is 0 Å². The van der Waals surface area contributed by atoms with Crippen molar-refractivity contribution < 1.29 is 14.7 Å². The van der Waals surface area contributed by atoms with Crippen molar-refractivity contribution in [3.05, 3.63) is 0 Å². The Morgan fingerprint density at radius 3 is 2.53 bits per heavy atom. The Balaban J connectivity index is 3.00. The van der Waals surface area contributed by atoms with Gasteiger partial charge >= 0.3 is 5.97 Å². The third-order valence-electron chi connectivity index (χ3n) is 3.45. The number of carbonyl (C=O) groups excluding carboxylic acids is 1. The SMILES string of the molecule is CCC(C)N1C(=O)CC(C(=O)O)C1(C)C. The van der Waals surface area contributed by atoms with E-state index in [0.29, 0.717) is 0 Å². The Hall–Kier alpha value is -1.06. The minimum Gasteiger partial charge on any atom is -0.481 e. The molecule has 1 N–H and O–H groups in total. The van der Waals surface area contributed by atoms with E-state index in [4.69, 9.17) is 5.11 Å². The van der Waals surface area contributed by atoms with Crippen LogP contribution in [-0.4, -0.2) is 33.5 Å². The highest BCUT2D eigenvalue weighted by Gasteiger charge is 2.51. The molecule has 0 aromatic carbocycles. The van der Waals surface area contributed by atoms with Crippen molar-refractivity contribution in [1.82, 2.24) is 4.90 Å². The lowest BCUT2D eigenvalue weighted by Gasteiger charge is -2.38. The van der Waals surface area contributed by atoms with Gasteiger partial charge in [-0.05, 0) is 27.2 Å². The molecule has 0 aromatic heterocycles. The number of hydrogen-bond acceptors (Lipinski definition) is 2. The minimum atomic E-state index is -0.876. The minimum absolute atomic E-state index is 0.0400. The zero-order chi connectivity index (χ0) is 11.8. The highest BCUT2D eigenvalue weighted by atomic mass is 16.4. The van der Waals surface area contributed by atoms with Crippen LogP contribution in [0, 0.1) is 5.92 Å². The summed E-state index contributed by atoms with van der Waals surface area (Å²) in [5, 5.41) is 9.06. The number of amides is 1. The van der Waals surface area contributed by atoms with Crippen molar-refractivity contribution in [1.29, 1.82) is 0 Å². The molecule has 2 atom stereocenters. The Bertz CT molecular complexity index is 286. The van der Waals surface area contributed by atoms with Crippen molar-refractivity contribution in [3.63, 3.8) is 0 Å². The van der Waals surface area contributed by atoms with Crippen LogP contribution in [0.2, 0.25) is 0 Å². The van der Waals surface area contributed by atoms with Gasteiger partial charge in [0.2, 0.25) is 5.91 Å². The second kappa shape index (κ2) is 3.83. The fraction of sp³-hybridized carbons (Fsp3) is 0.818. The average molecular weight is 213 g/mol. The number of carbonyl (C=O) groups is 2. The first-order valence-electron chi connectivity index (χ1n) is 5.37. The average Bonchev–Trinajstić information content (AvgIpc) is 2.35. The highest BCUT2D eigenvalue weighted by Crippen LogP contribution is 2.37. The molecule has 1 heterocycles. The van der Waals surface area contributed by atoms with E-state index in [0.717, 1.165) is 6.42 Å². The molecular formula is C11H19NO3. The smallest absolute Gasteiger partial charge is 0.309 e. The molecule has 1 aliphatic heterocycles. The summed E-state index contributed by atoms with van der Waals surface area (Å²) in [6.45, 7) is 7.64. The molecule has 4 heteroatoms. The quantitative estimate of drug-likeness (QED) is 0.772. The fourth-order valence-corrected chi connectivity index (χ4v) is 2.40. The lowest BCUT2D eigenvalue weighted by molar-refractivity contribution is -0.144. The van der Waals surface area contributed by atoms with E-state index in [2.05, 4.69) is 0 Å². The Labute approximate surface area is 90.3 Å². The van der Waals surface area contributed by atoms with Gasteiger partial charge in [-0.25, -0.2) is 0 Å². The first-order valence-corrected chi connectivity index (χ1v) is 5.37. The van der Waals surface area contributed by atoms with E-state index in [9.17, 15) is 9.59 Å². The second-order valence-corrected chi connectivity index (χ2v) is 4.77. The molecule has 0 spiro atoms. The summed E-state index contributed by atoms with van der Waals surface area (Å²) in [5.74, 6) is -1.50. The van der Waals surface area contributed by atoms with Crippen LogP contribution >= 0.6 is 0 Å². The Morgan fingerprint density at radius 2 is 2.20 bits per heavy atom. The van der Waals surface area contributed by atoms with E-state index >= 15 is 0 Å². The molecule has 1 fully saturated rings. The van der Waals surface area contributed by atoms with Crippen LogP contribution in [0.5, 0.6) is 0 Å². The van der Waals surface area contributed by atoms with Crippen LogP contribution in [0.1, 0.15) is 40.5 Å². The Kier molecular flexibility index (Phi) is 3.07. The van der Waals surface area contributed by atoms with Crippen LogP contribution in [-0.2, 0) is 9.59 Å². The monoisotopic (exact) mass is 213 g/mol. The first-order chi connectivity index (χ1) is 6.82. The lowest BCUT2D eigenvalue weighted by atomic mass is 9.88. The number of rotatable bonds is 3. The number of carboxylic acid groups (broad SMARTS) is 1. The largest absolute Gasteiger partial charge is 0.481 e. The number of carboxylic acids is 1. The molecule has 0 bridgehead atoms. The van der Waals surface area contributed by atoms with Crippen LogP contribution in [0.4, 0.5) is 0 Å². The number of hydrogen-bond donors (Lipinski definition) is 1. The van der Waals surface area contributed by atoms with Gasteiger partial charge in [-0.15, -0.1) is 0 Å². The van der Waals surface area contributed by atoms with Crippen LogP contribution in [0.3, 0.4) is 0 Å². The second-order valence-electron chi connectivity index (χ2n) is 4.77. The van der Waals surface area contributed by atoms with Crippen molar-refractivity contribution in [2.24, 2.45) is 5.92 Å². The van der Waals surface area contributed by atoms with Crippen molar-refractivity contribution >= 4 is 11.9 Å². The third-order valence-corrected chi connectivity index (χ3v) is 3.45. The molecule has 86 valence electrons. The van der Waals surface area contributed by atoms with Gasteiger partial charge in [0.25, 0.3) is 0 Å². The van der Waals surface area contributed by atoms with Gasteiger partial charge < -0.3 is 10.0 Å². The maximum absolute atomic E-state index is 11.8. The van der Waals surface area contributed by atoms with Crippen molar-refractivity contribution in [2.45, 2.75) is 52.1 Å². The van der Waals surface area contributed by atoms with E-state index in [1.54, 1.807) is 4.90 Å². The summed E-state index contributed by atoms with van der Waals surface area (Å²) in [7, 11) is 0. The molecule has 1 amide bonds. The van der Waals surface area contributed by atoms with Gasteiger partial charge in [-0.3, -0.25) is 9.59 Å². The topological polar surface area (TPSA) is 57.6 Å². The predicted octanol–water partition coefficient (Wildman–Crippen LogP) is 1.50. The summed E-state index contributed by atoms with van der Waals surface area (Å²) in [5.41, 5.74) is -0.571. The first kappa shape index (κ1) is 12.0. The van der Waals surface area contributed by atoms with E-state index in [-0.39, 0.29) is 18.4 Å². The number of likely N-dealkylation sites (tertiary alicyclic amines) is 1. The van der Waals surface area contributed by atoms with Gasteiger partial charge in [0, 0.05) is 12.5 Å². The summed E-state index contributed by atoms with van der Waals surface area (Å²) in [6.07, 6.45) is 0.980. The standard InChI is InChI=1S/C11H19NO3/c1-5-7(2)12-9(13)6-8(10(14)15)11(12,3)4/h7-8H,5-6H2,1-4H3,(H,14,15). The van der Waals surface area contributed by atoms with Gasteiger partial charge in [-0.1, -0.05) is 6.92 Å². The number of aliphatic carboxylic acids is 1. The number of nitrogens with zero attached hydrogens (tertiary/aromatic N) is 1. The maximum atomic E-state index is 11.8. The molecule has 1 aliphatic rings. The summed E-state index contributed by atoms with van der Waals surface area (Å²) in [4.78, 5) is 24.5. The summed E-state index contributed by atoms with van der Waals surface area (Å²) >= 11 is 0. The Morgan fingerprint density at radius 1 is 1.67 bits per heavy atom. The van der Waals surface area contributed by atoms with Crippen LogP contribution < -0.4 is 0 Å². The lowest BCUT2D eigenvalue weighted by Crippen LogP contribution is -2.50. The third kappa shape index (κ3) is 1.85. The highest BCUT2D eigenvalue weighted by molar-refractivity contribution is 5.88. The van der Waals surface area contributed by atoms with Crippen LogP contribution in [0.15, 0.2) is 0 Å². The maximum Gasteiger partial charge on any atom is 0.309 e. The molecule has 15 heavy (non-hydrogen) atoms. The molecule has 4 nitrogen and oxygen atoms in total. The van der Waals surface area contributed by atoms with Gasteiger partial charge in [0.1, 0.15) is 0 Å². The fourth-order valence-electron chi connectivity index (χ4n) is 2.40. The molecular weight excluding hydrogens is 194 g/mol. The molecule has 0 saturated carbocycles. The molecule has 1 saturated heterocycles. The van der Waals surface area contributed by atoms with Gasteiger partial charge in [0.15, 0.2) is 0 Å². The van der Waals surface area contributed by atoms with E-state index < -0.39 is 17.4 Å². The van der Waals surface area contributed by atoms with Crippen molar-refractivity contribution in [2.75, 3.05) is 0 Å². The molecule has 0 aromatic rings. The molecule has 0 aliphatic carbocycles. The molecule has 1 rings (SSSR count). The zero-order valence-corrected chi connectivity index (χ0v) is 9.78. The zero-order valence-electron chi connectivity index (χ0n) is 9.78. The predicted molar refractivity (Wildman–Crippen MR) is 56.4 cm³/mol. The van der Waals surface area contributed by atoms with E-state index in [1.807, 2.05) is 27.7 Å².